The highest BCUT2D eigenvalue weighted by atomic mass is 15.1. The van der Waals surface area contributed by atoms with Crippen molar-refractivity contribution in [3.8, 4) is 135 Å². The second-order valence-corrected chi connectivity index (χ2v) is 21.1. The molecule has 0 aliphatic carbocycles. The number of rotatable bonds is 14. The summed E-state index contributed by atoms with van der Waals surface area (Å²) < 4.78 is 0. The van der Waals surface area contributed by atoms with Gasteiger partial charge in [0.15, 0.2) is 23.3 Å². The van der Waals surface area contributed by atoms with Crippen LogP contribution in [-0.2, 0) is 6.42 Å². The number of nitrogens with zero attached hydrogens (tertiary/aromatic N) is 6. The molecule has 0 atom stereocenters. The maximum absolute atomic E-state index is 5.46. The van der Waals surface area contributed by atoms with Crippen LogP contribution in [0.3, 0.4) is 0 Å². The average molecular weight is 1090 g/mol. The quantitative estimate of drug-likeness (QED) is 0.108. The van der Waals surface area contributed by atoms with Crippen molar-refractivity contribution in [3.63, 3.8) is 0 Å². The second-order valence-electron chi connectivity index (χ2n) is 21.1. The van der Waals surface area contributed by atoms with Crippen LogP contribution >= 0.6 is 0 Å². The van der Waals surface area contributed by atoms with E-state index in [1.54, 1.807) is 0 Å². The van der Waals surface area contributed by atoms with Crippen LogP contribution in [0.2, 0.25) is 0 Å². The molecular formula is C79H54N6. The van der Waals surface area contributed by atoms with Gasteiger partial charge in [-0.1, -0.05) is 243 Å². The first-order valence-electron chi connectivity index (χ1n) is 28.6. The summed E-state index contributed by atoms with van der Waals surface area (Å²) >= 11 is 0. The molecule has 2 heterocycles. The Morgan fingerprint density at radius 3 is 0.435 bits per heavy atom. The third-order valence-corrected chi connectivity index (χ3v) is 15.3. The van der Waals surface area contributed by atoms with E-state index in [1.165, 1.54) is 0 Å². The van der Waals surface area contributed by atoms with Crippen LogP contribution < -0.4 is 0 Å². The molecule has 0 aliphatic rings. The van der Waals surface area contributed by atoms with E-state index in [0.29, 0.717) is 34.9 Å². The zero-order valence-electron chi connectivity index (χ0n) is 46.4. The van der Waals surface area contributed by atoms with Crippen molar-refractivity contribution in [1.82, 2.24) is 29.9 Å². The Kier molecular flexibility index (Phi) is 14.4. The second kappa shape index (κ2) is 23.6. The number of hydrogen-bond acceptors (Lipinski definition) is 6. The summed E-state index contributed by atoms with van der Waals surface area (Å²) in [6.07, 6.45) is 0.159. The molecule has 12 aromatic carbocycles. The molecule has 14 rings (SSSR count). The molecule has 0 radical (unpaired) electrons. The molecule has 0 amide bonds. The Hall–Kier alpha value is -11.3. The molecule has 14 aromatic rings. The minimum absolute atomic E-state index is 0.159. The number of aromatic nitrogens is 6. The number of benzene rings is 12. The minimum Gasteiger partial charge on any atom is -0.213 e. The molecule has 85 heavy (non-hydrogen) atoms. The van der Waals surface area contributed by atoms with Gasteiger partial charge >= 0.3 is 0 Å². The maximum Gasteiger partial charge on any atom is 0.163 e. The predicted octanol–water partition coefficient (Wildman–Crippen LogP) is 19.7. The summed E-state index contributed by atoms with van der Waals surface area (Å²) in [5.41, 5.74) is 20.5. The van der Waals surface area contributed by atoms with Crippen molar-refractivity contribution in [2.45, 2.75) is 6.42 Å². The first kappa shape index (κ1) is 51.8. The number of hydrogen-bond donors (Lipinski definition) is 0. The molecule has 0 fully saturated rings. The average Bonchev–Trinajstić information content (AvgIpc) is 3.78. The van der Waals surface area contributed by atoms with Gasteiger partial charge in [-0.15, -0.1) is 0 Å². The molecule has 0 unspecified atom stereocenters. The summed E-state index contributed by atoms with van der Waals surface area (Å²) in [6, 6.07) is 110. The van der Waals surface area contributed by atoms with Gasteiger partial charge in [-0.2, -0.15) is 0 Å². The van der Waals surface area contributed by atoms with Crippen LogP contribution in [0.4, 0.5) is 0 Å². The fourth-order valence-electron chi connectivity index (χ4n) is 11.1. The largest absolute Gasteiger partial charge is 0.213 e. The molecule has 400 valence electrons. The predicted molar refractivity (Wildman–Crippen MR) is 348 cm³/mol. The molecule has 0 N–H and O–H groups in total. The summed E-state index contributed by atoms with van der Waals surface area (Å²) in [6.45, 7) is 0. The summed E-state index contributed by atoms with van der Waals surface area (Å²) in [4.78, 5) is 32.7. The van der Waals surface area contributed by atoms with Crippen LogP contribution in [0.15, 0.2) is 315 Å². The minimum atomic E-state index is 0.159. The summed E-state index contributed by atoms with van der Waals surface area (Å²) in [5, 5.41) is 0. The van der Waals surface area contributed by atoms with E-state index in [0.717, 1.165) is 111 Å². The Labute approximate surface area is 495 Å². The highest BCUT2D eigenvalue weighted by Gasteiger charge is 2.21. The Bertz CT molecular complexity index is 3800. The van der Waals surface area contributed by atoms with E-state index in [4.69, 9.17) is 29.9 Å². The molecular weight excluding hydrogens is 1030 g/mol. The Balaban J connectivity index is 1.00. The lowest BCUT2D eigenvalue weighted by Crippen LogP contribution is -2.09. The lowest BCUT2D eigenvalue weighted by molar-refractivity contribution is 0.861. The fourth-order valence-corrected chi connectivity index (χ4v) is 11.1. The van der Waals surface area contributed by atoms with Crippen molar-refractivity contribution in [1.29, 1.82) is 0 Å². The highest BCUT2D eigenvalue weighted by Crippen LogP contribution is 2.38. The van der Waals surface area contributed by atoms with Crippen LogP contribution in [-0.4, -0.2) is 29.9 Å². The van der Waals surface area contributed by atoms with E-state index < -0.39 is 0 Å². The van der Waals surface area contributed by atoms with Crippen molar-refractivity contribution in [2.75, 3.05) is 0 Å². The van der Waals surface area contributed by atoms with Crippen molar-refractivity contribution < 1.29 is 0 Å². The van der Waals surface area contributed by atoms with Gasteiger partial charge in [0, 0.05) is 22.3 Å². The van der Waals surface area contributed by atoms with E-state index in [9.17, 15) is 0 Å². The van der Waals surface area contributed by atoms with Crippen LogP contribution in [0.5, 0.6) is 0 Å². The maximum atomic E-state index is 5.46. The lowest BCUT2D eigenvalue weighted by atomic mass is 9.95. The zero-order chi connectivity index (χ0) is 56.7. The molecule has 6 nitrogen and oxygen atoms in total. The highest BCUT2D eigenvalue weighted by molar-refractivity contribution is 5.85. The first-order valence-corrected chi connectivity index (χ1v) is 28.6. The lowest BCUT2D eigenvalue weighted by Gasteiger charge is -2.15. The topological polar surface area (TPSA) is 77.3 Å². The van der Waals surface area contributed by atoms with Gasteiger partial charge < -0.3 is 0 Å². The third-order valence-electron chi connectivity index (χ3n) is 15.3. The van der Waals surface area contributed by atoms with Gasteiger partial charge in [0.1, 0.15) is 11.6 Å². The first-order chi connectivity index (χ1) is 42.0. The van der Waals surface area contributed by atoms with Gasteiger partial charge in [-0.3, -0.25) is 0 Å². The third kappa shape index (κ3) is 11.6. The summed E-state index contributed by atoms with van der Waals surface area (Å²) in [5.74, 6) is 3.13. The van der Waals surface area contributed by atoms with Crippen LogP contribution in [0, 0.1) is 0 Å². The van der Waals surface area contributed by atoms with E-state index in [2.05, 4.69) is 267 Å². The fraction of sp³-hybridized carbons (Fsp3) is 0.0127. The molecule has 0 saturated carbocycles. The molecule has 0 spiro atoms. The van der Waals surface area contributed by atoms with E-state index >= 15 is 0 Å². The van der Waals surface area contributed by atoms with Crippen molar-refractivity contribution >= 4 is 0 Å². The normalized spacial score (nSPS) is 11.1. The van der Waals surface area contributed by atoms with Gasteiger partial charge in [-0.05, 0) is 162 Å². The van der Waals surface area contributed by atoms with Crippen LogP contribution in [0.1, 0.15) is 11.6 Å². The standard InChI is InChI=1S/C79H54N6/c1-9-25-54(26-10-1)62-41-63(55-27-11-2-12-28-55)46-70(45-62)76-80-74(81-77(84-76)71-47-64(56-29-13-3-14-30-56)42-65(48-71)57-31-15-4-16-32-57)53-75-82-78(72-49-66(58-33-17-5-18-34-58)43-67(50-72)59-35-19-6-20-36-59)85-79(83-75)73-51-68(60-37-21-7-22-38-60)44-69(52-73)61-39-23-8-24-40-61/h1-52H,53H2. The van der Waals surface area contributed by atoms with Crippen molar-refractivity contribution in [3.05, 3.63) is 327 Å². The van der Waals surface area contributed by atoms with Gasteiger partial charge in [0.25, 0.3) is 0 Å². The van der Waals surface area contributed by atoms with Gasteiger partial charge in [0.05, 0.1) is 6.42 Å². The van der Waals surface area contributed by atoms with E-state index in [1.807, 2.05) is 48.5 Å². The zero-order valence-corrected chi connectivity index (χ0v) is 46.4. The Morgan fingerprint density at radius 1 is 0.141 bits per heavy atom. The molecule has 0 saturated heterocycles. The molecule has 0 bridgehead atoms. The van der Waals surface area contributed by atoms with Crippen LogP contribution in [0.25, 0.3) is 135 Å². The monoisotopic (exact) mass is 1090 g/mol. The van der Waals surface area contributed by atoms with Crippen molar-refractivity contribution in [2.24, 2.45) is 0 Å². The SMILES string of the molecule is c1ccc(-c2cc(-c3ccccc3)cc(-c3nc(Cc4nc(-c5cc(-c6ccccc6)cc(-c6ccccc6)c5)nc(-c5cc(-c6ccccc6)cc(-c6ccccc6)c5)n4)nc(-c4cc(-c5ccccc5)cc(-c5ccccc5)c4)n3)c2)cc1. The van der Waals surface area contributed by atoms with E-state index in [-0.39, 0.29) is 6.42 Å². The molecule has 0 aliphatic heterocycles. The molecule has 6 heteroatoms. The molecule has 2 aromatic heterocycles. The summed E-state index contributed by atoms with van der Waals surface area (Å²) in [7, 11) is 0. The Morgan fingerprint density at radius 2 is 0.282 bits per heavy atom. The van der Waals surface area contributed by atoms with Gasteiger partial charge in [0.2, 0.25) is 0 Å². The smallest absolute Gasteiger partial charge is 0.163 e. The van der Waals surface area contributed by atoms with Gasteiger partial charge in [-0.25, -0.2) is 29.9 Å².